The van der Waals surface area contributed by atoms with Crippen molar-refractivity contribution < 1.29 is 14.0 Å². The zero-order valence-corrected chi connectivity index (χ0v) is 14.9. The smallest absolute Gasteiger partial charge is 0.253 e. The maximum atomic E-state index is 12.7. The van der Waals surface area contributed by atoms with Crippen molar-refractivity contribution in [2.75, 3.05) is 25.0 Å². The van der Waals surface area contributed by atoms with Crippen LogP contribution in [0.4, 0.5) is 5.69 Å². The number of carbonyl (C=O) groups excluding carboxylic acids is 2. The molecule has 6 nitrogen and oxygen atoms in total. The van der Waals surface area contributed by atoms with Crippen LogP contribution < -0.4 is 10.6 Å². The van der Waals surface area contributed by atoms with Gasteiger partial charge in [-0.05, 0) is 43.2 Å². The summed E-state index contributed by atoms with van der Waals surface area (Å²) >= 11 is 0. The molecule has 0 aliphatic carbocycles. The molecule has 2 N–H and O–H groups in total. The van der Waals surface area contributed by atoms with Crippen LogP contribution in [0.25, 0.3) is 0 Å². The Hall–Kier alpha value is -2.60. The molecule has 3 rings (SSSR count). The molecule has 0 radical (unpaired) electrons. The van der Waals surface area contributed by atoms with Gasteiger partial charge < -0.3 is 20.0 Å². The van der Waals surface area contributed by atoms with E-state index in [1.54, 1.807) is 30.5 Å². The van der Waals surface area contributed by atoms with Crippen molar-refractivity contribution in [3.63, 3.8) is 0 Å². The molecule has 1 aliphatic rings. The molecule has 26 heavy (non-hydrogen) atoms. The monoisotopic (exact) mass is 355 g/mol. The summed E-state index contributed by atoms with van der Waals surface area (Å²) in [6, 6.07) is 10.8. The second-order valence-electron chi connectivity index (χ2n) is 6.52. The fourth-order valence-corrected chi connectivity index (χ4v) is 3.10. The van der Waals surface area contributed by atoms with Gasteiger partial charge in [0.25, 0.3) is 5.91 Å². The lowest BCUT2D eigenvalue weighted by atomic mass is 10.1. The van der Waals surface area contributed by atoms with E-state index in [2.05, 4.69) is 10.6 Å². The summed E-state index contributed by atoms with van der Waals surface area (Å²) in [6.45, 7) is 2.29. The maximum Gasteiger partial charge on any atom is 0.253 e. The van der Waals surface area contributed by atoms with Crippen molar-refractivity contribution in [2.45, 2.75) is 32.2 Å². The highest BCUT2D eigenvalue weighted by Gasteiger charge is 2.17. The SMILES string of the molecule is O=C(CNCc1ccco1)Nc1cccc(C(=O)N2CCCCCC2)c1. The summed E-state index contributed by atoms with van der Waals surface area (Å²) in [5, 5.41) is 5.85. The van der Waals surface area contributed by atoms with E-state index in [0.717, 1.165) is 31.7 Å². The molecular weight excluding hydrogens is 330 g/mol. The first kappa shape index (κ1) is 18.2. The number of hydrogen-bond donors (Lipinski definition) is 2. The van der Waals surface area contributed by atoms with Crippen molar-refractivity contribution in [1.82, 2.24) is 10.2 Å². The van der Waals surface area contributed by atoms with E-state index in [1.165, 1.54) is 12.8 Å². The van der Waals surface area contributed by atoms with Crippen LogP contribution in [0.2, 0.25) is 0 Å². The average Bonchev–Trinajstić information content (AvgIpc) is 3.01. The van der Waals surface area contributed by atoms with E-state index in [9.17, 15) is 9.59 Å². The van der Waals surface area contributed by atoms with Crippen molar-refractivity contribution in [3.8, 4) is 0 Å². The number of benzene rings is 1. The molecule has 1 aliphatic heterocycles. The standard InChI is InChI=1S/C20H25N3O3/c24-19(15-21-14-18-9-6-12-26-18)22-17-8-5-7-16(13-17)20(25)23-10-3-1-2-4-11-23/h5-9,12-13,21H,1-4,10-11,14-15H2,(H,22,24). The third kappa shape index (κ3) is 5.20. The molecule has 1 aromatic carbocycles. The number of hydrogen-bond acceptors (Lipinski definition) is 4. The minimum absolute atomic E-state index is 0.0407. The van der Waals surface area contributed by atoms with Crippen LogP contribution in [-0.4, -0.2) is 36.3 Å². The van der Waals surface area contributed by atoms with Gasteiger partial charge in [-0.15, -0.1) is 0 Å². The summed E-state index contributed by atoms with van der Waals surface area (Å²) in [5.41, 5.74) is 1.25. The summed E-state index contributed by atoms with van der Waals surface area (Å²) in [5.74, 6) is 0.665. The Morgan fingerprint density at radius 3 is 2.58 bits per heavy atom. The van der Waals surface area contributed by atoms with Crippen LogP contribution in [0.5, 0.6) is 0 Å². The Labute approximate surface area is 153 Å². The summed E-state index contributed by atoms with van der Waals surface area (Å²) in [7, 11) is 0. The van der Waals surface area contributed by atoms with Gasteiger partial charge in [0.05, 0.1) is 19.4 Å². The van der Waals surface area contributed by atoms with Gasteiger partial charge in [-0.1, -0.05) is 18.9 Å². The Morgan fingerprint density at radius 1 is 1.04 bits per heavy atom. The number of anilines is 1. The van der Waals surface area contributed by atoms with Gasteiger partial charge in [-0.2, -0.15) is 0 Å². The fraction of sp³-hybridized carbons (Fsp3) is 0.400. The zero-order valence-electron chi connectivity index (χ0n) is 14.9. The molecule has 0 atom stereocenters. The molecule has 6 heteroatoms. The van der Waals surface area contributed by atoms with E-state index < -0.39 is 0 Å². The topological polar surface area (TPSA) is 74.6 Å². The molecule has 0 unspecified atom stereocenters. The first-order valence-corrected chi connectivity index (χ1v) is 9.15. The van der Waals surface area contributed by atoms with Crippen molar-refractivity contribution in [2.24, 2.45) is 0 Å². The molecular formula is C20H25N3O3. The molecule has 2 aromatic rings. The zero-order chi connectivity index (χ0) is 18.2. The Balaban J connectivity index is 1.52. The summed E-state index contributed by atoms with van der Waals surface area (Å²) in [6.07, 6.45) is 6.09. The molecule has 1 aromatic heterocycles. The number of rotatable bonds is 6. The van der Waals surface area contributed by atoms with Crippen LogP contribution in [0.1, 0.15) is 41.8 Å². The summed E-state index contributed by atoms with van der Waals surface area (Å²) in [4.78, 5) is 26.7. The Bertz CT molecular complexity index is 720. The lowest BCUT2D eigenvalue weighted by molar-refractivity contribution is -0.115. The van der Waals surface area contributed by atoms with E-state index in [4.69, 9.17) is 4.42 Å². The highest BCUT2D eigenvalue weighted by atomic mass is 16.3. The first-order valence-electron chi connectivity index (χ1n) is 9.15. The number of nitrogens with one attached hydrogen (secondary N) is 2. The number of likely N-dealkylation sites (tertiary alicyclic amines) is 1. The van der Waals surface area contributed by atoms with E-state index in [0.29, 0.717) is 17.8 Å². The third-order valence-electron chi connectivity index (χ3n) is 4.45. The van der Waals surface area contributed by atoms with Gasteiger partial charge in [0.15, 0.2) is 0 Å². The minimum atomic E-state index is -0.157. The largest absolute Gasteiger partial charge is 0.468 e. The minimum Gasteiger partial charge on any atom is -0.468 e. The Kier molecular flexibility index (Phi) is 6.44. The number of furan rings is 1. The van der Waals surface area contributed by atoms with Crippen molar-refractivity contribution in [3.05, 3.63) is 54.0 Å². The second-order valence-corrected chi connectivity index (χ2v) is 6.52. The van der Waals surface area contributed by atoms with Gasteiger partial charge in [0.1, 0.15) is 5.76 Å². The predicted molar refractivity (Wildman–Crippen MR) is 99.9 cm³/mol. The van der Waals surface area contributed by atoms with Gasteiger partial charge >= 0.3 is 0 Å². The number of nitrogens with zero attached hydrogens (tertiary/aromatic N) is 1. The van der Waals surface area contributed by atoms with Crippen LogP contribution in [0, 0.1) is 0 Å². The molecule has 0 spiro atoms. The van der Waals surface area contributed by atoms with Crippen molar-refractivity contribution >= 4 is 17.5 Å². The lowest BCUT2D eigenvalue weighted by Gasteiger charge is -2.20. The highest BCUT2D eigenvalue weighted by molar-refractivity contribution is 5.97. The van der Waals surface area contributed by atoms with Crippen LogP contribution in [-0.2, 0) is 11.3 Å². The molecule has 1 fully saturated rings. The molecule has 2 amide bonds. The normalized spacial score (nSPS) is 14.7. The highest BCUT2D eigenvalue weighted by Crippen LogP contribution is 2.16. The van der Waals surface area contributed by atoms with Gasteiger partial charge in [-0.25, -0.2) is 0 Å². The molecule has 0 saturated carbocycles. The summed E-state index contributed by atoms with van der Waals surface area (Å²) < 4.78 is 5.21. The quantitative estimate of drug-likeness (QED) is 0.835. The lowest BCUT2D eigenvalue weighted by Crippen LogP contribution is -2.32. The molecule has 2 heterocycles. The van der Waals surface area contributed by atoms with E-state index in [-0.39, 0.29) is 18.4 Å². The predicted octanol–water partition coefficient (Wildman–Crippen LogP) is 3.02. The fourth-order valence-electron chi connectivity index (χ4n) is 3.10. The average molecular weight is 355 g/mol. The van der Waals surface area contributed by atoms with Gasteiger partial charge in [0.2, 0.25) is 5.91 Å². The van der Waals surface area contributed by atoms with Gasteiger partial charge in [-0.3, -0.25) is 9.59 Å². The second kappa shape index (κ2) is 9.20. The molecule has 1 saturated heterocycles. The Morgan fingerprint density at radius 2 is 1.85 bits per heavy atom. The van der Waals surface area contributed by atoms with Crippen LogP contribution in [0.15, 0.2) is 47.1 Å². The number of carbonyl (C=O) groups is 2. The molecule has 0 bridgehead atoms. The number of amides is 2. The molecule has 138 valence electrons. The first-order chi connectivity index (χ1) is 12.7. The van der Waals surface area contributed by atoms with Gasteiger partial charge in [0, 0.05) is 24.3 Å². The van der Waals surface area contributed by atoms with E-state index >= 15 is 0 Å². The van der Waals surface area contributed by atoms with Crippen molar-refractivity contribution in [1.29, 1.82) is 0 Å². The maximum absolute atomic E-state index is 12.7. The van der Waals surface area contributed by atoms with Crippen LogP contribution >= 0.6 is 0 Å². The van der Waals surface area contributed by atoms with Crippen LogP contribution in [0.3, 0.4) is 0 Å². The van der Waals surface area contributed by atoms with E-state index in [1.807, 2.05) is 17.0 Å². The third-order valence-corrected chi connectivity index (χ3v) is 4.45.